The normalized spacial score (nSPS) is 9.97. The number of hydrogen-bond donors (Lipinski definition) is 0. The number of benzene rings is 3. The molecule has 4 aromatic rings. The molecule has 3 heteroatoms. The summed E-state index contributed by atoms with van der Waals surface area (Å²) in [7, 11) is 1.08. The average Bonchev–Trinajstić information content (AvgIpc) is 3.25. The molecule has 4 rings (SSSR count). The first-order valence-electron chi connectivity index (χ1n) is 9.98. The fourth-order valence-electron chi connectivity index (χ4n) is 2.75. The quantitative estimate of drug-likeness (QED) is 0.131. The van der Waals surface area contributed by atoms with E-state index in [2.05, 4.69) is 62.1 Å². The third-order valence-electron chi connectivity index (χ3n) is 4.19. The van der Waals surface area contributed by atoms with Crippen LogP contribution in [0.2, 0.25) is 13.1 Å². The minimum absolute atomic E-state index is 0. The number of fused-ring (bicyclic) bond motifs is 1. The zero-order valence-electron chi connectivity index (χ0n) is 18.5. The first-order chi connectivity index (χ1) is 14.7. The van der Waals surface area contributed by atoms with Crippen molar-refractivity contribution in [3.8, 4) is 5.75 Å². The first-order valence-corrected chi connectivity index (χ1v) is 12.0. The average molecular weight is 457 g/mol. The Kier molecular flexibility index (Phi) is 13.1. The topological polar surface area (TPSA) is 9.23 Å². The summed E-state index contributed by atoms with van der Waals surface area (Å²) in [5, 5.41) is 2.66. The number of ether oxygens (including phenoxy) is 1. The summed E-state index contributed by atoms with van der Waals surface area (Å²) in [6, 6.07) is 32.7. The molecule has 4 aromatic carbocycles. The zero-order valence-corrected chi connectivity index (χ0v) is 21.1. The van der Waals surface area contributed by atoms with Crippen LogP contribution in [0.15, 0.2) is 116 Å². The zero-order chi connectivity index (χ0) is 21.6. The van der Waals surface area contributed by atoms with Crippen LogP contribution in [0.5, 0.6) is 5.75 Å². The second kappa shape index (κ2) is 15.3. The summed E-state index contributed by atoms with van der Waals surface area (Å²) in [6.45, 7) is 10.2. The molecule has 0 aliphatic heterocycles. The molecule has 1 nitrogen and oxygen atoms in total. The number of allylic oxidation sites excluding steroid dienone is 2. The fraction of sp³-hybridized carbons (Fsp3) is 0.107. The van der Waals surface area contributed by atoms with Crippen LogP contribution < -0.4 is 4.74 Å². The van der Waals surface area contributed by atoms with Gasteiger partial charge in [-0.3, -0.25) is 0 Å². The summed E-state index contributed by atoms with van der Waals surface area (Å²) in [6.07, 6.45) is 3.53. The molecule has 31 heavy (non-hydrogen) atoms. The van der Waals surface area contributed by atoms with E-state index in [1.807, 2.05) is 61.5 Å². The summed E-state index contributed by atoms with van der Waals surface area (Å²) in [5.41, 5.74) is 3.25. The van der Waals surface area contributed by atoms with E-state index in [4.69, 9.17) is 4.74 Å². The maximum atomic E-state index is 5.66. The van der Waals surface area contributed by atoms with Crippen molar-refractivity contribution in [1.29, 1.82) is 0 Å². The molecule has 0 aliphatic rings. The molecule has 0 N–H and O–H groups in total. The maximum absolute atomic E-state index is 5.66. The van der Waals surface area contributed by atoms with Crippen LogP contribution in [0.25, 0.3) is 16.3 Å². The van der Waals surface area contributed by atoms with Crippen LogP contribution in [0.4, 0.5) is 0 Å². The summed E-state index contributed by atoms with van der Waals surface area (Å²) >= 11 is 0. The Hall–Kier alpha value is -2.52. The summed E-state index contributed by atoms with van der Waals surface area (Å²) in [4.78, 5) is 0. The Morgan fingerprint density at radius 1 is 0.903 bits per heavy atom. The van der Waals surface area contributed by atoms with Gasteiger partial charge in [-0.2, -0.15) is 17.5 Å². The Morgan fingerprint density at radius 3 is 2.23 bits per heavy atom. The van der Waals surface area contributed by atoms with Crippen LogP contribution >= 0.6 is 0 Å². The predicted molar refractivity (Wildman–Crippen MR) is 133 cm³/mol. The Balaban J connectivity index is 0.000000308. The van der Waals surface area contributed by atoms with Crippen molar-refractivity contribution in [2.75, 3.05) is 0 Å². The fourth-order valence-corrected chi connectivity index (χ4v) is 2.75. The van der Waals surface area contributed by atoms with Gasteiger partial charge in [0.1, 0.15) is 5.75 Å². The molecule has 0 unspecified atom stereocenters. The first kappa shape index (κ1) is 26.5. The van der Waals surface area contributed by atoms with Gasteiger partial charge in [-0.15, -0.1) is 29.7 Å². The molecule has 0 atom stereocenters. The van der Waals surface area contributed by atoms with Gasteiger partial charge in [0, 0.05) is 36.8 Å². The van der Waals surface area contributed by atoms with E-state index in [-0.39, 0.29) is 21.7 Å². The van der Waals surface area contributed by atoms with Crippen molar-refractivity contribution in [2.45, 2.75) is 20.0 Å². The summed E-state index contributed by atoms with van der Waals surface area (Å²) in [5.74, 6) is 0.838. The van der Waals surface area contributed by atoms with Crippen molar-refractivity contribution in [2.24, 2.45) is 0 Å². The van der Waals surface area contributed by atoms with Crippen LogP contribution in [-0.4, -0.2) is 9.52 Å². The molecule has 0 amide bonds. The van der Waals surface area contributed by atoms with Crippen molar-refractivity contribution in [3.63, 3.8) is 0 Å². The van der Waals surface area contributed by atoms with Crippen molar-refractivity contribution in [3.05, 3.63) is 127 Å². The van der Waals surface area contributed by atoms with E-state index in [0.717, 1.165) is 26.4 Å². The Labute approximate surface area is 204 Å². The van der Waals surface area contributed by atoms with Gasteiger partial charge in [0.15, 0.2) is 0 Å². The number of hydrogen-bond acceptors (Lipinski definition) is 1. The number of aryl methyl sites for hydroxylation is 1. The SMILES string of the molecule is C=CC(=COc1cccc(C)c1)c1ccccc1.C[Si]C.[Ti].c1ccc2[cH-]ccc2c1. The van der Waals surface area contributed by atoms with Gasteiger partial charge in [-0.1, -0.05) is 74.3 Å². The second-order valence-electron chi connectivity index (χ2n) is 6.73. The second-order valence-corrected chi connectivity index (χ2v) is 7.73. The minimum atomic E-state index is 0. The molecule has 0 saturated heterocycles. The third kappa shape index (κ3) is 9.44. The Bertz CT molecular complexity index is 1020. The van der Waals surface area contributed by atoms with E-state index < -0.39 is 0 Å². The van der Waals surface area contributed by atoms with E-state index >= 15 is 0 Å². The molecule has 0 saturated carbocycles. The third-order valence-corrected chi connectivity index (χ3v) is 4.19. The van der Waals surface area contributed by atoms with Crippen molar-refractivity contribution < 1.29 is 26.5 Å². The predicted octanol–water partition coefficient (Wildman–Crippen LogP) is 7.94. The van der Waals surface area contributed by atoms with E-state index in [0.29, 0.717) is 0 Å². The molecule has 0 spiro atoms. The van der Waals surface area contributed by atoms with Gasteiger partial charge in [0.2, 0.25) is 0 Å². The molecular weight excluding hydrogens is 428 g/mol. The van der Waals surface area contributed by atoms with E-state index in [9.17, 15) is 0 Å². The van der Waals surface area contributed by atoms with Gasteiger partial charge in [0.05, 0.1) is 6.26 Å². The Morgan fingerprint density at radius 2 is 1.58 bits per heavy atom. The van der Waals surface area contributed by atoms with Gasteiger partial charge >= 0.3 is 0 Å². The molecule has 2 radical (unpaired) electrons. The summed E-state index contributed by atoms with van der Waals surface area (Å²) < 4.78 is 5.66. The van der Waals surface area contributed by atoms with E-state index in [1.54, 1.807) is 12.3 Å². The van der Waals surface area contributed by atoms with Gasteiger partial charge in [-0.25, -0.2) is 0 Å². The molecule has 0 aromatic heterocycles. The van der Waals surface area contributed by atoms with Crippen molar-refractivity contribution >= 4 is 25.9 Å². The van der Waals surface area contributed by atoms with Gasteiger partial charge in [0.25, 0.3) is 0 Å². The molecular formula is C28H29OSiTi-. The minimum Gasteiger partial charge on any atom is -0.464 e. The number of rotatable bonds is 4. The van der Waals surface area contributed by atoms with Gasteiger partial charge in [-0.05, 0) is 30.2 Å². The molecule has 0 heterocycles. The molecule has 0 bridgehead atoms. The standard InChI is InChI=1S/C17H16O.C9H7.C2H6Si.Ti/c1-3-15(16-9-5-4-6-10-16)13-18-17-11-7-8-14(2)12-17;1-2-5-9-7-3-6-8(9)4-1;1-3-2;/h3-13H,1H2,2H3;1-7H;1-2H3;/q;-1;;. The molecule has 0 fully saturated rings. The maximum Gasteiger partial charge on any atom is 0.126 e. The van der Waals surface area contributed by atoms with Crippen LogP contribution in [0, 0.1) is 6.92 Å². The van der Waals surface area contributed by atoms with Gasteiger partial charge < -0.3 is 4.74 Å². The monoisotopic (exact) mass is 457 g/mol. The van der Waals surface area contributed by atoms with Crippen molar-refractivity contribution in [1.82, 2.24) is 0 Å². The van der Waals surface area contributed by atoms with Crippen LogP contribution in [-0.2, 0) is 21.7 Å². The van der Waals surface area contributed by atoms with Crippen LogP contribution in [0.3, 0.4) is 0 Å². The van der Waals surface area contributed by atoms with E-state index in [1.165, 1.54) is 16.3 Å². The molecule has 156 valence electrons. The van der Waals surface area contributed by atoms with Crippen LogP contribution in [0.1, 0.15) is 11.1 Å². The largest absolute Gasteiger partial charge is 0.464 e. The molecule has 0 aliphatic carbocycles. The smallest absolute Gasteiger partial charge is 0.126 e.